The summed E-state index contributed by atoms with van der Waals surface area (Å²) in [5.41, 5.74) is 3.48. The fourth-order valence-electron chi connectivity index (χ4n) is 10.4. The van der Waals surface area contributed by atoms with Crippen LogP contribution >= 0.6 is 0 Å². The van der Waals surface area contributed by atoms with Crippen LogP contribution in [0, 0.1) is 11.3 Å². The predicted octanol–water partition coefficient (Wildman–Crippen LogP) is 16.9. The summed E-state index contributed by atoms with van der Waals surface area (Å²) < 4.78 is 107. The minimum atomic E-state index is -5.13. The SMILES string of the molecule is N#Cc1ccc(-c2ccc(-c3c(C(F)(F)F)cccc3C(F)(F)F)cc2-n2c3ccccc3c3c4oc5ccccc5c4ccc32)c(-n2c3ccccc3c3c4oc5ccccc5c4ccc32)c1. The monoisotopic (exact) mass is 901 g/mol. The van der Waals surface area contributed by atoms with Crippen molar-refractivity contribution in [3.63, 3.8) is 0 Å². The van der Waals surface area contributed by atoms with Gasteiger partial charge in [0.05, 0.1) is 67.0 Å². The Kier molecular flexibility index (Phi) is 8.23. The molecule has 0 saturated heterocycles. The number of nitrogens with zero attached hydrogens (tertiary/aromatic N) is 3. The molecule has 11 heteroatoms. The summed E-state index contributed by atoms with van der Waals surface area (Å²) in [6.07, 6.45) is -10.3. The summed E-state index contributed by atoms with van der Waals surface area (Å²) in [5, 5.41) is 17.2. The van der Waals surface area contributed by atoms with E-state index in [1.165, 1.54) is 12.1 Å². The van der Waals surface area contributed by atoms with E-state index in [1.54, 1.807) is 24.3 Å². The van der Waals surface area contributed by atoms with E-state index in [-0.39, 0.29) is 5.56 Å². The van der Waals surface area contributed by atoms with Crippen molar-refractivity contribution in [2.45, 2.75) is 12.4 Å². The van der Waals surface area contributed by atoms with Gasteiger partial charge in [-0.3, -0.25) is 0 Å². The van der Waals surface area contributed by atoms with Crippen LogP contribution in [0.4, 0.5) is 26.3 Å². The lowest BCUT2D eigenvalue weighted by molar-refractivity contribution is -0.142. The molecule has 5 nitrogen and oxygen atoms in total. The number of benzene rings is 9. The van der Waals surface area contributed by atoms with Gasteiger partial charge < -0.3 is 18.0 Å². The molecule has 4 aromatic heterocycles. The molecular formula is C57H29F6N3O2. The van der Waals surface area contributed by atoms with Crippen LogP contribution in [0.3, 0.4) is 0 Å². The third-order valence-electron chi connectivity index (χ3n) is 13.2. The maximum Gasteiger partial charge on any atom is 0.417 e. The van der Waals surface area contributed by atoms with Crippen LogP contribution in [0.15, 0.2) is 185 Å². The Hall–Kier alpha value is -8.75. The third-order valence-corrected chi connectivity index (χ3v) is 13.2. The van der Waals surface area contributed by atoms with Crippen molar-refractivity contribution < 1.29 is 35.2 Å². The van der Waals surface area contributed by atoms with Crippen molar-refractivity contribution in [3.05, 3.63) is 193 Å². The first-order chi connectivity index (χ1) is 33.0. The summed E-state index contributed by atoms with van der Waals surface area (Å²) in [7, 11) is 0. The first kappa shape index (κ1) is 39.6. The molecule has 4 heterocycles. The van der Waals surface area contributed by atoms with E-state index in [1.807, 2.05) is 130 Å². The zero-order valence-electron chi connectivity index (χ0n) is 35.2. The Morgan fingerprint density at radius 2 is 0.868 bits per heavy atom. The Labute approximate surface area is 380 Å². The number of hydrogen-bond acceptors (Lipinski definition) is 3. The molecule has 13 aromatic rings. The van der Waals surface area contributed by atoms with Gasteiger partial charge in [-0.15, -0.1) is 0 Å². The van der Waals surface area contributed by atoms with E-state index in [2.05, 4.69) is 6.07 Å². The van der Waals surface area contributed by atoms with Gasteiger partial charge in [-0.1, -0.05) is 97.1 Å². The largest absolute Gasteiger partial charge is 0.455 e. The van der Waals surface area contributed by atoms with Crippen molar-refractivity contribution in [3.8, 4) is 39.7 Å². The average Bonchev–Trinajstić information content (AvgIpc) is 4.10. The maximum atomic E-state index is 14.9. The molecule has 0 atom stereocenters. The number of fused-ring (bicyclic) bond motifs is 14. The molecule has 0 saturated carbocycles. The standard InChI is InChI=1S/C57H29F6N3O2/c58-56(59,60)41-14-9-15-42(57(61,62)63)51(41)32-21-23-34(48(29-32)66-44-17-6-2-13-40(44)53-46(66)27-25-38-36-11-4-8-19-50(36)68-55(38)53)33-22-20-31(30-64)28-47(33)65-43-16-5-1-12-39(43)52-45(65)26-24-37-35-10-3-7-18-49(35)67-54(37)52/h1-29H. The van der Waals surface area contributed by atoms with Crippen LogP contribution in [0.5, 0.6) is 0 Å². The van der Waals surface area contributed by atoms with E-state index < -0.39 is 29.0 Å². The van der Waals surface area contributed by atoms with Crippen LogP contribution in [0.2, 0.25) is 0 Å². The molecule has 0 N–H and O–H groups in total. The number of aromatic nitrogens is 2. The summed E-state index contributed by atoms with van der Waals surface area (Å²) in [6.45, 7) is 0. The summed E-state index contributed by atoms with van der Waals surface area (Å²) in [6, 6.07) is 52.5. The van der Waals surface area contributed by atoms with Crippen LogP contribution in [0.1, 0.15) is 16.7 Å². The van der Waals surface area contributed by atoms with Crippen LogP contribution in [-0.4, -0.2) is 9.13 Å². The minimum Gasteiger partial charge on any atom is -0.455 e. The van der Waals surface area contributed by atoms with E-state index >= 15 is 0 Å². The molecule has 68 heavy (non-hydrogen) atoms. The van der Waals surface area contributed by atoms with Gasteiger partial charge in [-0.2, -0.15) is 31.6 Å². The highest BCUT2D eigenvalue weighted by Gasteiger charge is 2.41. The van der Waals surface area contributed by atoms with Gasteiger partial charge in [0, 0.05) is 49.0 Å². The molecule has 0 fully saturated rings. The lowest BCUT2D eigenvalue weighted by Gasteiger charge is -2.22. The van der Waals surface area contributed by atoms with Crippen LogP contribution < -0.4 is 0 Å². The van der Waals surface area contributed by atoms with Crippen molar-refractivity contribution >= 4 is 87.5 Å². The molecule has 9 aromatic carbocycles. The number of furan rings is 2. The van der Waals surface area contributed by atoms with Crippen LogP contribution in [-0.2, 0) is 12.4 Å². The van der Waals surface area contributed by atoms with Gasteiger partial charge in [-0.25, -0.2) is 0 Å². The highest BCUT2D eigenvalue weighted by atomic mass is 19.4. The molecule has 0 aliphatic rings. The molecule has 326 valence electrons. The van der Waals surface area contributed by atoms with Gasteiger partial charge in [-0.05, 0) is 84.4 Å². The minimum absolute atomic E-state index is 0.292. The number of hydrogen-bond donors (Lipinski definition) is 0. The second kappa shape index (κ2) is 14.1. The zero-order valence-corrected chi connectivity index (χ0v) is 35.2. The first-order valence-corrected chi connectivity index (χ1v) is 21.6. The third kappa shape index (κ3) is 5.64. The number of para-hydroxylation sites is 4. The lowest BCUT2D eigenvalue weighted by atomic mass is 9.90. The quantitative estimate of drug-likeness (QED) is 0.165. The molecule has 0 amide bonds. The fourth-order valence-corrected chi connectivity index (χ4v) is 10.4. The molecule has 0 bridgehead atoms. The van der Waals surface area contributed by atoms with Crippen molar-refractivity contribution in [1.29, 1.82) is 5.26 Å². The maximum absolute atomic E-state index is 14.9. The Balaban J connectivity index is 1.18. The topological polar surface area (TPSA) is 59.9 Å². The summed E-state index contributed by atoms with van der Waals surface area (Å²) >= 11 is 0. The summed E-state index contributed by atoms with van der Waals surface area (Å²) in [4.78, 5) is 0. The molecule has 0 radical (unpaired) electrons. The van der Waals surface area contributed by atoms with Gasteiger partial charge >= 0.3 is 12.4 Å². The summed E-state index contributed by atoms with van der Waals surface area (Å²) in [5.74, 6) is 0. The van der Waals surface area contributed by atoms with Crippen molar-refractivity contribution in [2.24, 2.45) is 0 Å². The molecule has 0 unspecified atom stereocenters. The van der Waals surface area contributed by atoms with E-state index in [9.17, 15) is 31.6 Å². The molecule has 0 aliphatic heterocycles. The molecule has 13 rings (SSSR count). The predicted molar refractivity (Wildman–Crippen MR) is 255 cm³/mol. The highest BCUT2D eigenvalue weighted by Crippen LogP contribution is 2.49. The Morgan fingerprint density at radius 1 is 0.412 bits per heavy atom. The highest BCUT2D eigenvalue weighted by molar-refractivity contribution is 6.25. The molecule has 0 aliphatic carbocycles. The Bertz CT molecular complexity index is 4300. The van der Waals surface area contributed by atoms with Gasteiger partial charge in [0.25, 0.3) is 0 Å². The average molecular weight is 902 g/mol. The number of rotatable bonds is 4. The lowest BCUT2D eigenvalue weighted by Crippen LogP contribution is -2.14. The van der Waals surface area contributed by atoms with E-state index in [0.29, 0.717) is 68.0 Å². The number of nitriles is 1. The molecule has 0 spiro atoms. The second-order valence-corrected chi connectivity index (χ2v) is 16.9. The normalized spacial score (nSPS) is 12.5. The number of halogens is 6. The smallest absolute Gasteiger partial charge is 0.417 e. The molecular weight excluding hydrogens is 873 g/mol. The number of alkyl halides is 6. The Morgan fingerprint density at radius 3 is 1.37 bits per heavy atom. The first-order valence-electron chi connectivity index (χ1n) is 21.6. The second-order valence-electron chi connectivity index (χ2n) is 16.9. The van der Waals surface area contributed by atoms with Gasteiger partial charge in [0.2, 0.25) is 0 Å². The van der Waals surface area contributed by atoms with E-state index in [4.69, 9.17) is 8.83 Å². The van der Waals surface area contributed by atoms with Gasteiger partial charge in [0.15, 0.2) is 0 Å². The van der Waals surface area contributed by atoms with Crippen LogP contribution in [0.25, 0.3) is 121 Å². The van der Waals surface area contributed by atoms with Gasteiger partial charge in [0.1, 0.15) is 22.3 Å². The van der Waals surface area contributed by atoms with Crippen molar-refractivity contribution in [1.82, 2.24) is 9.13 Å². The zero-order chi connectivity index (χ0) is 46.2. The van der Waals surface area contributed by atoms with Crippen molar-refractivity contribution in [2.75, 3.05) is 0 Å². The van der Waals surface area contributed by atoms with E-state index in [0.717, 1.165) is 65.8 Å². The fraction of sp³-hybridized carbons (Fsp3) is 0.0351.